The zero-order valence-electron chi connectivity index (χ0n) is 28.8. The fraction of sp³-hybridized carbons (Fsp3) is 0. The summed E-state index contributed by atoms with van der Waals surface area (Å²) in [4.78, 5) is 10.2. The molecule has 3 heteroatoms. The normalized spacial score (nSPS) is 11.4. The first kappa shape index (κ1) is 30.7. The molecule has 0 amide bonds. The van der Waals surface area contributed by atoms with E-state index in [2.05, 4.69) is 170 Å². The van der Waals surface area contributed by atoms with Gasteiger partial charge in [0.15, 0.2) is 5.82 Å². The van der Waals surface area contributed by atoms with Gasteiger partial charge in [-0.1, -0.05) is 170 Å². The molecular weight excluding hydrogens is 645 g/mol. The molecule has 2 heterocycles. The fourth-order valence-corrected chi connectivity index (χ4v) is 7.40. The van der Waals surface area contributed by atoms with E-state index in [0.29, 0.717) is 5.82 Å². The number of fused-ring (bicyclic) bond motifs is 5. The average Bonchev–Trinajstić information content (AvgIpc) is 3.64. The summed E-state index contributed by atoms with van der Waals surface area (Å²) >= 11 is 0. The van der Waals surface area contributed by atoms with Crippen molar-refractivity contribution >= 4 is 32.7 Å². The lowest BCUT2D eigenvalue weighted by Crippen LogP contribution is -1.96. The van der Waals surface area contributed by atoms with Crippen molar-refractivity contribution < 1.29 is 4.42 Å². The van der Waals surface area contributed by atoms with Gasteiger partial charge in [0, 0.05) is 38.4 Å². The average molecular weight is 677 g/mol. The van der Waals surface area contributed by atoms with Crippen molar-refractivity contribution in [3.8, 4) is 67.3 Å². The van der Waals surface area contributed by atoms with Crippen LogP contribution in [0.5, 0.6) is 0 Å². The zero-order chi connectivity index (χ0) is 35.1. The van der Waals surface area contributed by atoms with Gasteiger partial charge in [-0.2, -0.15) is 0 Å². The van der Waals surface area contributed by atoms with Crippen LogP contribution >= 0.6 is 0 Å². The second-order valence-corrected chi connectivity index (χ2v) is 13.4. The highest BCUT2D eigenvalue weighted by Gasteiger charge is 2.16. The second-order valence-electron chi connectivity index (χ2n) is 13.4. The SMILES string of the molecule is c1ccc(-c2ccc(-c3cc(-c4cccc(-c5cccc(-c6cccc7c6oc6c8ccccc8ccc76)c5)c4)nc(-c4ccccc4)n3)cc2)cc1. The largest absolute Gasteiger partial charge is 0.455 e. The maximum Gasteiger partial charge on any atom is 0.160 e. The summed E-state index contributed by atoms with van der Waals surface area (Å²) in [6, 6.07) is 67.9. The second kappa shape index (κ2) is 12.9. The summed E-state index contributed by atoms with van der Waals surface area (Å²) in [6.07, 6.45) is 0. The van der Waals surface area contributed by atoms with Gasteiger partial charge in [-0.25, -0.2) is 9.97 Å². The fourth-order valence-electron chi connectivity index (χ4n) is 7.40. The predicted molar refractivity (Wildman–Crippen MR) is 219 cm³/mol. The van der Waals surface area contributed by atoms with Crippen molar-refractivity contribution in [1.29, 1.82) is 0 Å². The van der Waals surface area contributed by atoms with Gasteiger partial charge in [0.25, 0.3) is 0 Å². The molecule has 0 atom stereocenters. The van der Waals surface area contributed by atoms with Crippen LogP contribution in [0.2, 0.25) is 0 Å². The summed E-state index contributed by atoms with van der Waals surface area (Å²) in [5.41, 5.74) is 13.4. The summed E-state index contributed by atoms with van der Waals surface area (Å²) in [7, 11) is 0. The molecule has 0 spiro atoms. The van der Waals surface area contributed by atoms with Gasteiger partial charge < -0.3 is 4.42 Å². The van der Waals surface area contributed by atoms with E-state index < -0.39 is 0 Å². The molecule has 0 aliphatic rings. The third-order valence-corrected chi connectivity index (χ3v) is 10.1. The van der Waals surface area contributed by atoms with E-state index in [1.54, 1.807) is 0 Å². The first-order chi connectivity index (χ1) is 26.2. The van der Waals surface area contributed by atoms with Gasteiger partial charge in [0.05, 0.1) is 11.4 Å². The summed E-state index contributed by atoms with van der Waals surface area (Å²) in [6.45, 7) is 0. The minimum Gasteiger partial charge on any atom is -0.455 e. The Morgan fingerprint density at radius 2 is 0.830 bits per heavy atom. The van der Waals surface area contributed by atoms with Crippen molar-refractivity contribution in [2.75, 3.05) is 0 Å². The van der Waals surface area contributed by atoms with E-state index in [-0.39, 0.29) is 0 Å². The van der Waals surface area contributed by atoms with Gasteiger partial charge in [0.1, 0.15) is 11.2 Å². The summed E-state index contributed by atoms with van der Waals surface area (Å²) < 4.78 is 6.68. The van der Waals surface area contributed by atoms with E-state index in [1.807, 2.05) is 24.3 Å². The topological polar surface area (TPSA) is 38.9 Å². The van der Waals surface area contributed by atoms with Gasteiger partial charge in [-0.05, 0) is 57.5 Å². The number of hydrogen-bond acceptors (Lipinski definition) is 3. The van der Waals surface area contributed by atoms with E-state index in [1.165, 1.54) is 16.5 Å². The molecule has 10 rings (SSSR count). The molecule has 0 bridgehead atoms. The lowest BCUT2D eigenvalue weighted by atomic mass is 9.96. The Balaban J connectivity index is 1.05. The highest BCUT2D eigenvalue weighted by molar-refractivity contribution is 6.17. The lowest BCUT2D eigenvalue weighted by Gasteiger charge is -2.12. The van der Waals surface area contributed by atoms with Crippen LogP contribution < -0.4 is 0 Å². The van der Waals surface area contributed by atoms with Gasteiger partial charge in [-0.3, -0.25) is 0 Å². The number of aromatic nitrogens is 2. The smallest absolute Gasteiger partial charge is 0.160 e. The maximum absolute atomic E-state index is 6.68. The van der Waals surface area contributed by atoms with Crippen LogP contribution in [0.1, 0.15) is 0 Å². The molecule has 0 unspecified atom stereocenters. The Morgan fingerprint density at radius 1 is 0.302 bits per heavy atom. The number of rotatable bonds is 6. The predicted octanol–water partition coefficient (Wildman–Crippen LogP) is 13.5. The standard InChI is InChI=1S/C50H32N2O/c1-3-12-33(13-4-1)34-24-26-36(27-25-34)46-32-47(52-50(51-46)37-15-5-2-6-16-37)41-20-10-18-39(31-41)38-17-9-19-40(30-38)43-22-11-23-44-45-29-28-35-14-7-8-21-42(35)48(45)53-49(43)44/h1-32H. The van der Waals surface area contributed by atoms with Crippen molar-refractivity contribution in [1.82, 2.24) is 9.97 Å². The molecule has 0 radical (unpaired) electrons. The van der Waals surface area contributed by atoms with Crippen LogP contribution in [0.4, 0.5) is 0 Å². The van der Waals surface area contributed by atoms with Crippen molar-refractivity contribution in [3.63, 3.8) is 0 Å². The van der Waals surface area contributed by atoms with Crippen LogP contribution in [0.3, 0.4) is 0 Å². The van der Waals surface area contributed by atoms with Crippen LogP contribution in [-0.4, -0.2) is 9.97 Å². The number of hydrogen-bond donors (Lipinski definition) is 0. The minimum atomic E-state index is 0.698. The number of benzene rings is 8. The van der Waals surface area contributed by atoms with Crippen molar-refractivity contribution in [2.45, 2.75) is 0 Å². The summed E-state index contributed by atoms with van der Waals surface area (Å²) in [5, 5.41) is 4.56. The Hall–Kier alpha value is -7.10. The number of para-hydroxylation sites is 1. The highest BCUT2D eigenvalue weighted by Crippen LogP contribution is 2.40. The molecular formula is C50H32N2O. The molecule has 0 aliphatic carbocycles. The third-order valence-electron chi connectivity index (χ3n) is 10.1. The zero-order valence-corrected chi connectivity index (χ0v) is 28.8. The third kappa shape index (κ3) is 5.65. The Labute approximate surface area is 307 Å². The van der Waals surface area contributed by atoms with E-state index in [0.717, 1.165) is 77.7 Å². The molecule has 0 saturated heterocycles. The van der Waals surface area contributed by atoms with Crippen LogP contribution in [0, 0.1) is 0 Å². The minimum absolute atomic E-state index is 0.698. The van der Waals surface area contributed by atoms with Crippen molar-refractivity contribution in [2.24, 2.45) is 0 Å². The molecule has 10 aromatic rings. The Kier molecular flexibility index (Phi) is 7.47. The molecule has 0 fully saturated rings. The van der Waals surface area contributed by atoms with Crippen molar-refractivity contribution in [3.05, 3.63) is 194 Å². The number of nitrogens with zero attached hydrogens (tertiary/aromatic N) is 2. The molecule has 0 N–H and O–H groups in total. The van der Waals surface area contributed by atoms with Crippen LogP contribution in [-0.2, 0) is 0 Å². The molecule has 53 heavy (non-hydrogen) atoms. The molecule has 3 nitrogen and oxygen atoms in total. The quantitative estimate of drug-likeness (QED) is 0.176. The molecule has 8 aromatic carbocycles. The molecule has 248 valence electrons. The van der Waals surface area contributed by atoms with Crippen LogP contribution in [0.25, 0.3) is 100.0 Å². The Morgan fingerprint density at radius 3 is 1.60 bits per heavy atom. The van der Waals surface area contributed by atoms with Gasteiger partial charge in [0.2, 0.25) is 0 Å². The molecule has 0 aliphatic heterocycles. The lowest BCUT2D eigenvalue weighted by molar-refractivity contribution is 0.674. The molecule has 0 saturated carbocycles. The maximum atomic E-state index is 6.68. The number of furan rings is 1. The monoisotopic (exact) mass is 676 g/mol. The van der Waals surface area contributed by atoms with Gasteiger partial charge >= 0.3 is 0 Å². The first-order valence-electron chi connectivity index (χ1n) is 17.9. The summed E-state index contributed by atoms with van der Waals surface area (Å²) in [5.74, 6) is 0.698. The Bertz CT molecular complexity index is 2930. The van der Waals surface area contributed by atoms with E-state index >= 15 is 0 Å². The van der Waals surface area contributed by atoms with E-state index in [4.69, 9.17) is 14.4 Å². The molecule has 2 aromatic heterocycles. The highest BCUT2D eigenvalue weighted by atomic mass is 16.3. The first-order valence-corrected chi connectivity index (χ1v) is 17.9. The van der Waals surface area contributed by atoms with Gasteiger partial charge in [-0.15, -0.1) is 0 Å². The van der Waals surface area contributed by atoms with E-state index in [9.17, 15) is 0 Å². The van der Waals surface area contributed by atoms with Crippen LogP contribution in [0.15, 0.2) is 199 Å².